The molecule has 0 amide bonds. The van der Waals surface area contributed by atoms with Gasteiger partial charge in [0.2, 0.25) is 0 Å². The van der Waals surface area contributed by atoms with Gasteiger partial charge < -0.3 is 10.2 Å². The SMILES string of the molecule is O=C=C1NCC(c2cccc3ccccc23)=C1N1CCSCC1. The lowest BCUT2D eigenvalue weighted by Gasteiger charge is -2.30. The van der Waals surface area contributed by atoms with Crippen molar-refractivity contribution in [2.75, 3.05) is 31.1 Å². The summed E-state index contributed by atoms with van der Waals surface area (Å²) in [6.07, 6.45) is 0. The van der Waals surface area contributed by atoms with E-state index in [0.29, 0.717) is 12.2 Å². The second kappa shape index (κ2) is 6.15. The molecule has 0 atom stereocenters. The second-order valence-corrected chi connectivity index (χ2v) is 7.01. The average Bonchev–Trinajstić information content (AvgIpc) is 3.06. The van der Waals surface area contributed by atoms with Gasteiger partial charge >= 0.3 is 0 Å². The van der Waals surface area contributed by atoms with Gasteiger partial charge in [-0.05, 0) is 16.3 Å². The van der Waals surface area contributed by atoms with Gasteiger partial charge in [0.15, 0.2) is 5.94 Å². The Kier molecular flexibility index (Phi) is 3.86. The third-order valence-corrected chi connectivity index (χ3v) is 5.45. The second-order valence-electron chi connectivity index (χ2n) is 5.78. The molecule has 0 aliphatic carbocycles. The molecule has 23 heavy (non-hydrogen) atoms. The molecule has 1 N–H and O–H groups in total. The molecule has 0 spiro atoms. The first kappa shape index (κ1) is 14.4. The molecule has 0 radical (unpaired) electrons. The van der Waals surface area contributed by atoms with Crippen molar-refractivity contribution in [3.63, 3.8) is 0 Å². The van der Waals surface area contributed by atoms with E-state index in [0.717, 1.165) is 30.3 Å². The van der Waals surface area contributed by atoms with Crippen LogP contribution in [-0.2, 0) is 4.79 Å². The van der Waals surface area contributed by atoms with Gasteiger partial charge in [0.05, 0.1) is 5.70 Å². The van der Waals surface area contributed by atoms with Crippen molar-refractivity contribution < 1.29 is 4.79 Å². The predicted octanol–water partition coefficient (Wildman–Crippen LogP) is 2.92. The lowest BCUT2D eigenvalue weighted by Crippen LogP contribution is -2.33. The van der Waals surface area contributed by atoms with Crippen LogP contribution in [-0.4, -0.2) is 42.0 Å². The third kappa shape index (κ3) is 2.54. The molecular formula is C19H18N2OS. The van der Waals surface area contributed by atoms with Crippen LogP contribution in [0.25, 0.3) is 16.3 Å². The number of hydrogen-bond donors (Lipinski definition) is 1. The summed E-state index contributed by atoms with van der Waals surface area (Å²) in [5.41, 5.74) is 4.10. The van der Waals surface area contributed by atoms with Crippen LogP contribution in [0.15, 0.2) is 53.9 Å². The summed E-state index contributed by atoms with van der Waals surface area (Å²) in [5.74, 6) is 4.33. The van der Waals surface area contributed by atoms with Gasteiger partial charge in [-0.25, -0.2) is 4.79 Å². The van der Waals surface area contributed by atoms with E-state index in [1.807, 2.05) is 11.8 Å². The first-order chi connectivity index (χ1) is 11.4. The normalized spacial score (nSPS) is 18.3. The van der Waals surface area contributed by atoms with Gasteiger partial charge in [-0.3, -0.25) is 0 Å². The number of nitrogens with one attached hydrogen (secondary N) is 1. The summed E-state index contributed by atoms with van der Waals surface area (Å²) >= 11 is 1.97. The van der Waals surface area contributed by atoms with Gasteiger partial charge in [0.25, 0.3) is 0 Å². The topological polar surface area (TPSA) is 32.3 Å². The molecule has 4 heteroatoms. The third-order valence-electron chi connectivity index (χ3n) is 4.51. The van der Waals surface area contributed by atoms with Gasteiger partial charge in [0, 0.05) is 36.7 Å². The van der Waals surface area contributed by atoms with E-state index in [1.165, 1.54) is 21.9 Å². The quantitative estimate of drug-likeness (QED) is 0.862. The highest BCUT2D eigenvalue weighted by Crippen LogP contribution is 2.34. The lowest BCUT2D eigenvalue weighted by molar-refractivity contribution is 0.389. The number of nitrogens with zero attached hydrogens (tertiary/aromatic N) is 1. The molecule has 2 aliphatic rings. The minimum absolute atomic E-state index is 0.611. The minimum atomic E-state index is 0.611. The number of benzene rings is 2. The zero-order chi connectivity index (χ0) is 15.6. The summed E-state index contributed by atoms with van der Waals surface area (Å²) in [7, 11) is 0. The molecule has 2 heterocycles. The summed E-state index contributed by atoms with van der Waals surface area (Å²) < 4.78 is 0. The van der Waals surface area contributed by atoms with Crippen LogP contribution in [0.3, 0.4) is 0 Å². The van der Waals surface area contributed by atoms with Gasteiger partial charge in [-0.2, -0.15) is 11.8 Å². The number of fused-ring (bicyclic) bond motifs is 1. The Balaban J connectivity index is 1.91. The van der Waals surface area contributed by atoms with E-state index in [9.17, 15) is 4.79 Å². The Bertz CT molecular complexity index is 825. The number of hydrogen-bond acceptors (Lipinski definition) is 4. The molecule has 1 fully saturated rings. The Morgan fingerprint density at radius 3 is 2.65 bits per heavy atom. The standard InChI is InChI=1S/C19H18N2OS/c22-13-18-19(21-8-10-23-11-9-21)17(12-20-18)16-7-3-5-14-4-1-2-6-15(14)16/h1-7,20H,8-12H2. The zero-order valence-corrected chi connectivity index (χ0v) is 13.7. The highest BCUT2D eigenvalue weighted by molar-refractivity contribution is 7.99. The first-order valence-electron chi connectivity index (χ1n) is 7.92. The molecule has 2 aliphatic heterocycles. The molecule has 116 valence electrons. The van der Waals surface area contributed by atoms with Crippen LogP contribution < -0.4 is 5.32 Å². The van der Waals surface area contributed by atoms with Gasteiger partial charge in [-0.15, -0.1) is 0 Å². The number of thioether (sulfide) groups is 1. The Hall–Kier alpha value is -2.16. The summed E-state index contributed by atoms with van der Waals surface area (Å²) in [6, 6.07) is 14.8. The Morgan fingerprint density at radius 1 is 1.04 bits per heavy atom. The predicted molar refractivity (Wildman–Crippen MR) is 97.0 cm³/mol. The summed E-state index contributed by atoms with van der Waals surface area (Å²) in [4.78, 5) is 13.8. The molecule has 2 aromatic carbocycles. The van der Waals surface area contributed by atoms with E-state index in [1.54, 1.807) is 0 Å². The highest BCUT2D eigenvalue weighted by atomic mass is 32.2. The molecular weight excluding hydrogens is 304 g/mol. The fraction of sp³-hybridized carbons (Fsp3) is 0.263. The Morgan fingerprint density at radius 2 is 1.83 bits per heavy atom. The van der Waals surface area contributed by atoms with Gasteiger partial charge in [0.1, 0.15) is 5.70 Å². The smallest absolute Gasteiger partial charge is 0.152 e. The zero-order valence-electron chi connectivity index (χ0n) is 12.8. The molecule has 0 bridgehead atoms. The van der Waals surface area contributed by atoms with E-state index in [-0.39, 0.29) is 0 Å². The molecule has 0 saturated carbocycles. The number of rotatable bonds is 2. The van der Waals surface area contributed by atoms with Crippen molar-refractivity contribution in [2.24, 2.45) is 0 Å². The monoisotopic (exact) mass is 322 g/mol. The van der Waals surface area contributed by atoms with Crippen molar-refractivity contribution >= 4 is 34.0 Å². The first-order valence-corrected chi connectivity index (χ1v) is 9.07. The maximum atomic E-state index is 11.4. The molecule has 0 unspecified atom stereocenters. The van der Waals surface area contributed by atoms with Crippen molar-refractivity contribution in [3.8, 4) is 0 Å². The number of carbonyl (C=O) groups excluding carboxylic acids is 1. The van der Waals surface area contributed by atoms with Crippen LogP contribution >= 0.6 is 11.8 Å². The van der Waals surface area contributed by atoms with Crippen LogP contribution in [0.4, 0.5) is 0 Å². The fourth-order valence-corrected chi connectivity index (χ4v) is 4.33. The average molecular weight is 322 g/mol. The fourth-order valence-electron chi connectivity index (χ4n) is 3.43. The molecule has 3 nitrogen and oxygen atoms in total. The van der Waals surface area contributed by atoms with Crippen LogP contribution in [0.1, 0.15) is 5.56 Å². The van der Waals surface area contributed by atoms with Crippen LogP contribution in [0.5, 0.6) is 0 Å². The molecule has 4 rings (SSSR count). The largest absolute Gasteiger partial charge is 0.370 e. The molecule has 2 aromatic rings. The maximum absolute atomic E-state index is 11.4. The van der Waals surface area contributed by atoms with Crippen molar-refractivity contribution in [3.05, 3.63) is 59.4 Å². The highest BCUT2D eigenvalue weighted by Gasteiger charge is 2.28. The lowest BCUT2D eigenvalue weighted by atomic mass is 9.97. The van der Waals surface area contributed by atoms with E-state index in [2.05, 4.69) is 58.6 Å². The van der Waals surface area contributed by atoms with Crippen molar-refractivity contribution in [2.45, 2.75) is 0 Å². The van der Waals surface area contributed by atoms with E-state index in [4.69, 9.17) is 0 Å². The van der Waals surface area contributed by atoms with Crippen LogP contribution in [0, 0.1) is 0 Å². The summed E-state index contributed by atoms with van der Waals surface area (Å²) in [5, 5.41) is 5.71. The minimum Gasteiger partial charge on any atom is -0.370 e. The summed E-state index contributed by atoms with van der Waals surface area (Å²) in [6.45, 7) is 2.67. The van der Waals surface area contributed by atoms with E-state index < -0.39 is 0 Å². The Labute approximate surface area is 140 Å². The van der Waals surface area contributed by atoms with Crippen molar-refractivity contribution in [1.82, 2.24) is 10.2 Å². The van der Waals surface area contributed by atoms with Crippen molar-refractivity contribution in [1.29, 1.82) is 0 Å². The molecule has 0 aromatic heterocycles. The molecule has 1 saturated heterocycles. The van der Waals surface area contributed by atoms with E-state index >= 15 is 0 Å². The van der Waals surface area contributed by atoms with Gasteiger partial charge in [-0.1, -0.05) is 42.5 Å². The van der Waals surface area contributed by atoms with Crippen LogP contribution in [0.2, 0.25) is 0 Å². The maximum Gasteiger partial charge on any atom is 0.152 e.